The maximum Gasteiger partial charge on any atom is 0.407 e. The van der Waals surface area contributed by atoms with Crippen LogP contribution in [0, 0.1) is 11.3 Å². The van der Waals surface area contributed by atoms with Crippen LogP contribution < -0.4 is 16.0 Å². The van der Waals surface area contributed by atoms with Gasteiger partial charge in [-0.15, -0.1) is 0 Å². The van der Waals surface area contributed by atoms with Gasteiger partial charge in [-0.25, -0.2) is 4.79 Å². The van der Waals surface area contributed by atoms with Crippen LogP contribution >= 0.6 is 0 Å². The first kappa shape index (κ1) is 21.7. The predicted octanol–water partition coefficient (Wildman–Crippen LogP) is 1.05. The van der Waals surface area contributed by atoms with Gasteiger partial charge in [0.05, 0.1) is 0 Å². The van der Waals surface area contributed by atoms with Crippen molar-refractivity contribution in [1.82, 2.24) is 16.0 Å². The Hall–Kier alpha value is -2.27. The number of rotatable bonds is 10. The smallest absolute Gasteiger partial charge is 0.407 e. The summed E-state index contributed by atoms with van der Waals surface area (Å²) in [6.07, 6.45) is 1.50. The standard InChI is InChI=1S/C16H28N4O4/c1-5-23-10-6-7-19-14(21)13(11-17)12-18-8-9-20-15(22)24-16(2,3)4/h12,18H,5-10H2,1-4H3,(H,19,21)(H,20,22)/b13-12-. The van der Waals surface area contributed by atoms with Gasteiger partial charge in [0.2, 0.25) is 0 Å². The predicted molar refractivity (Wildman–Crippen MR) is 90.1 cm³/mol. The van der Waals surface area contributed by atoms with Crippen LogP contribution in [0.1, 0.15) is 34.1 Å². The molecule has 0 saturated heterocycles. The molecule has 0 aromatic carbocycles. The molecular weight excluding hydrogens is 312 g/mol. The van der Waals surface area contributed by atoms with E-state index in [1.807, 2.05) is 13.0 Å². The van der Waals surface area contributed by atoms with Crippen LogP contribution in [0.25, 0.3) is 0 Å². The molecule has 0 aliphatic rings. The summed E-state index contributed by atoms with van der Waals surface area (Å²) in [5.74, 6) is -0.443. The molecule has 0 heterocycles. The summed E-state index contributed by atoms with van der Waals surface area (Å²) in [5.41, 5.74) is -0.574. The largest absolute Gasteiger partial charge is 0.444 e. The van der Waals surface area contributed by atoms with Crippen LogP contribution in [0.15, 0.2) is 11.8 Å². The molecule has 24 heavy (non-hydrogen) atoms. The number of amides is 2. The Labute approximate surface area is 143 Å². The molecule has 0 atom stereocenters. The van der Waals surface area contributed by atoms with E-state index in [0.717, 1.165) is 0 Å². The monoisotopic (exact) mass is 340 g/mol. The lowest BCUT2D eigenvalue weighted by Gasteiger charge is -2.19. The molecule has 8 heteroatoms. The van der Waals surface area contributed by atoms with E-state index in [2.05, 4.69) is 16.0 Å². The average Bonchev–Trinajstić information content (AvgIpc) is 2.48. The average molecular weight is 340 g/mol. The van der Waals surface area contributed by atoms with Crippen molar-refractivity contribution >= 4 is 12.0 Å². The Morgan fingerprint density at radius 2 is 1.88 bits per heavy atom. The highest BCUT2D eigenvalue weighted by Crippen LogP contribution is 2.05. The molecule has 2 amide bonds. The van der Waals surface area contributed by atoms with E-state index in [1.165, 1.54) is 6.20 Å². The van der Waals surface area contributed by atoms with Crippen molar-refractivity contribution < 1.29 is 19.1 Å². The van der Waals surface area contributed by atoms with E-state index in [4.69, 9.17) is 14.7 Å². The number of nitrogens with one attached hydrogen (secondary N) is 3. The van der Waals surface area contributed by atoms with Gasteiger partial charge in [0.1, 0.15) is 17.2 Å². The van der Waals surface area contributed by atoms with Crippen molar-refractivity contribution in [1.29, 1.82) is 5.26 Å². The molecule has 0 aromatic rings. The van der Waals surface area contributed by atoms with Gasteiger partial charge in [-0.3, -0.25) is 4.79 Å². The highest BCUT2D eigenvalue weighted by Gasteiger charge is 2.15. The van der Waals surface area contributed by atoms with Crippen LogP contribution in [0.4, 0.5) is 4.79 Å². The molecule has 0 bridgehead atoms. The van der Waals surface area contributed by atoms with Crippen LogP contribution in [-0.2, 0) is 14.3 Å². The van der Waals surface area contributed by atoms with Crippen LogP contribution in [0.3, 0.4) is 0 Å². The fourth-order valence-electron chi connectivity index (χ4n) is 1.49. The van der Waals surface area contributed by atoms with E-state index in [1.54, 1.807) is 20.8 Å². The Balaban J connectivity index is 3.98. The Morgan fingerprint density at radius 1 is 1.17 bits per heavy atom. The van der Waals surface area contributed by atoms with E-state index in [9.17, 15) is 9.59 Å². The number of carbonyl (C=O) groups excluding carboxylic acids is 2. The molecule has 3 N–H and O–H groups in total. The van der Waals surface area contributed by atoms with Gasteiger partial charge < -0.3 is 25.4 Å². The van der Waals surface area contributed by atoms with Gasteiger partial charge in [0.25, 0.3) is 5.91 Å². The molecule has 0 fully saturated rings. The Bertz CT molecular complexity index is 464. The highest BCUT2D eigenvalue weighted by molar-refractivity contribution is 5.97. The van der Waals surface area contributed by atoms with E-state index in [0.29, 0.717) is 39.3 Å². The minimum atomic E-state index is -0.550. The lowest BCUT2D eigenvalue weighted by Crippen LogP contribution is -2.35. The number of nitrogens with zero attached hydrogens (tertiary/aromatic N) is 1. The molecule has 0 aliphatic carbocycles. The second kappa shape index (κ2) is 12.2. The van der Waals surface area contributed by atoms with Gasteiger partial charge in [0.15, 0.2) is 0 Å². The number of alkyl carbamates (subject to hydrolysis) is 1. The minimum Gasteiger partial charge on any atom is -0.444 e. The molecule has 8 nitrogen and oxygen atoms in total. The van der Waals surface area contributed by atoms with Crippen LogP contribution in [-0.4, -0.2) is 50.4 Å². The van der Waals surface area contributed by atoms with Crippen molar-refractivity contribution in [2.45, 2.75) is 39.7 Å². The minimum absolute atomic E-state index is 0.0244. The summed E-state index contributed by atoms with van der Waals surface area (Å²) < 4.78 is 10.2. The first-order valence-electron chi connectivity index (χ1n) is 7.96. The lowest BCUT2D eigenvalue weighted by atomic mass is 10.2. The number of hydrogen-bond acceptors (Lipinski definition) is 6. The number of ether oxygens (including phenoxy) is 2. The molecule has 136 valence electrons. The Morgan fingerprint density at radius 3 is 2.46 bits per heavy atom. The summed E-state index contributed by atoms with van der Waals surface area (Å²) in [6, 6.07) is 1.83. The van der Waals surface area contributed by atoms with E-state index >= 15 is 0 Å². The van der Waals surface area contributed by atoms with Gasteiger partial charge in [-0.1, -0.05) is 0 Å². The number of nitriles is 1. The van der Waals surface area contributed by atoms with Crippen LogP contribution in [0.2, 0.25) is 0 Å². The lowest BCUT2D eigenvalue weighted by molar-refractivity contribution is -0.117. The summed E-state index contributed by atoms with van der Waals surface area (Å²) >= 11 is 0. The number of hydrogen-bond donors (Lipinski definition) is 3. The van der Waals surface area contributed by atoms with Crippen molar-refractivity contribution in [2.75, 3.05) is 32.8 Å². The molecule has 0 aromatic heterocycles. The number of carbonyl (C=O) groups is 2. The van der Waals surface area contributed by atoms with Gasteiger partial charge >= 0.3 is 6.09 Å². The third kappa shape index (κ3) is 12.3. The molecule has 0 saturated carbocycles. The molecule has 0 spiro atoms. The zero-order valence-corrected chi connectivity index (χ0v) is 14.9. The van der Waals surface area contributed by atoms with E-state index < -0.39 is 17.6 Å². The first-order valence-corrected chi connectivity index (χ1v) is 7.96. The quantitative estimate of drug-likeness (QED) is 0.311. The normalized spacial score (nSPS) is 11.4. The SMILES string of the molecule is CCOCCCNC(=O)/C(C#N)=C\NCCNC(=O)OC(C)(C)C. The van der Waals surface area contributed by atoms with E-state index in [-0.39, 0.29) is 5.57 Å². The summed E-state index contributed by atoms with van der Waals surface area (Å²) in [6.45, 7) is 9.55. The second-order valence-corrected chi connectivity index (χ2v) is 5.86. The molecule has 0 unspecified atom stereocenters. The molecule has 0 aliphatic heterocycles. The Kier molecular flexibility index (Phi) is 11.0. The third-order valence-electron chi connectivity index (χ3n) is 2.50. The third-order valence-corrected chi connectivity index (χ3v) is 2.50. The van der Waals surface area contributed by atoms with Gasteiger partial charge in [0, 0.05) is 39.0 Å². The molecule has 0 radical (unpaired) electrons. The van der Waals surface area contributed by atoms with Gasteiger partial charge in [-0.2, -0.15) is 5.26 Å². The molecule has 0 rings (SSSR count). The first-order chi connectivity index (χ1) is 11.3. The van der Waals surface area contributed by atoms with Crippen molar-refractivity contribution in [3.05, 3.63) is 11.8 Å². The fourth-order valence-corrected chi connectivity index (χ4v) is 1.49. The fraction of sp³-hybridized carbons (Fsp3) is 0.688. The van der Waals surface area contributed by atoms with Crippen molar-refractivity contribution in [3.63, 3.8) is 0 Å². The second-order valence-electron chi connectivity index (χ2n) is 5.86. The topological polar surface area (TPSA) is 112 Å². The maximum atomic E-state index is 11.8. The maximum absolute atomic E-state index is 11.8. The zero-order chi connectivity index (χ0) is 18.4. The van der Waals surface area contributed by atoms with Crippen molar-refractivity contribution in [3.8, 4) is 6.07 Å². The van der Waals surface area contributed by atoms with Crippen LogP contribution in [0.5, 0.6) is 0 Å². The summed E-state index contributed by atoms with van der Waals surface area (Å²) in [4.78, 5) is 23.2. The van der Waals surface area contributed by atoms with Gasteiger partial charge in [-0.05, 0) is 34.1 Å². The highest BCUT2D eigenvalue weighted by atomic mass is 16.6. The zero-order valence-electron chi connectivity index (χ0n) is 14.9. The summed E-state index contributed by atoms with van der Waals surface area (Å²) in [5, 5.41) is 17.0. The van der Waals surface area contributed by atoms with Crippen molar-refractivity contribution in [2.24, 2.45) is 0 Å². The molecular formula is C16H28N4O4. The summed E-state index contributed by atoms with van der Waals surface area (Å²) in [7, 11) is 0.